The van der Waals surface area contributed by atoms with Crippen molar-refractivity contribution >= 4 is 19.9 Å². The average Bonchev–Trinajstić information content (AvgIpc) is 3.28. The number of piperidine rings is 1. The van der Waals surface area contributed by atoms with Gasteiger partial charge in [-0.05, 0) is 67.8 Å². The van der Waals surface area contributed by atoms with Crippen LogP contribution in [0.1, 0.15) is 24.2 Å². The van der Waals surface area contributed by atoms with E-state index in [9.17, 15) is 16.8 Å². The number of sulfonamides is 1. The zero-order valence-electron chi connectivity index (χ0n) is 17.7. The smallest absolute Gasteiger partial charge is 0.243 e. The Balaban J connectivity index is 1.40. The quantitative estimate of drug-likeness (QED) is 0.510. The molecule has 170 valence electrons. The number of nitrogens with zero attached hydrogens (tertiary/aromatic N) is 1. The molecule has 7 nitrogen and oxygen atoms in total. The van der Waals surface area contributed by atoms with Crippen LogP contribution in [0.25, 0.3) is 0 Å². The van der Waals surface area contributed by atoms with Crippen LogP contribution in [0.3, 0.4) is 0 Å². The molecule has 1 saturated heterocycles. The molecule has 32 heavy (non-hydrogen) atoms. The van der Waals surface area contributed by atoms with Crippen molar-refractivity contribution in [2.75, 3.05) is 13.1 Å². The summed E-state index contributed by atoms with van der Waals surface area (Å²) < 4.78 is 63.7. The first kappa shape index (κ1) is 22.6. The zero-order valence-corrected chi connectivity index (χ0v) is 19.3. The van der Waals surface area contributed by atoms with E-state index >= 15 is 0 Å². The highest BCUT2D eigenvalue weighted by atomic mass is 32.2. The fraction of sp³-hybridized carbons (Fsp3) is 0.304. The van der Waals surface area contributed by atoms with Crippen molar-refractivity contribution in [1.29, 1.82) is 0 Å². The summed E-state index contributed by atoms with van der Waals surface area (Å²) in [4.78, 5) is 0.159. The highest BCUT2D eigenvalue weighted by molar-refractivity contribution is 7.91. The standard InChI is InChI=1S/C23H25NO6S2/c1-18-5-2-3-7-23(18)30-19-8-10-22(11-9-19)32(27,28)24-14-12-21(13-15-24)31(25,26)17-20-6-4-16-29-20/h2-11,16,21H,12-15,17H2,1H3. The predicted octanol–water partition coefficient (Wildman–Crippen LogP) is 4.15. The molecule has 0 saturated carbocycles. The van der Waals surface area contributed by atoms with E-state index in [4.69, 9.17) is 9.15 Å². The number of benzene rings is 2. The molecule has 2 aromatic carbocycles. The summed E-state index contributed by atoms with van der Waals surface area (Å²) in [5.41, 5.74) is 0.981. The van der Waals surface area contributed by atoms with Gasteiger partial charge in [0, 0.05) is 13.1 Å². The van der Waals surface area contributed by atoms with Crippen LogP contribution >= 0.6 is 0 Å². The van der Waals surface area contributed by atoms with Crippen LogP contribution in [0.4, 0.5) is 0 Å². The second-order valence-corrected chi connectivity index (χ2v) is 12.0. The summed E-state index contributed by atoms with van der Waals surface area (Å²) in [6.45, 7) is 2.25. The van der Waals surface area contributed by atoms with Crippen molar-refractivity contribution in [3.8, 4) is 11.5 Å². The molecule has 0 amide bonds. The van der Waals surface area contributed by atoms with E-state index in [-0.39, 0.29) is 36.6 Å². The van der Waals surface area contributed by atoms with Gasteiger partial charge in [0.15, 0.2) is 9.84 Å². The third kappa shape index (κ3) is 4.90. The predicted molar refractivity (Wildman–Crippen MR) is 121 cm³/mol. The Bertz CT molecular complexity index is 1260. The molecule has 3 aromatic rings. The van der Waals surface area contributed by atoms with E-state index in [2.05, 4.69) is 0 Å². The lowest BCUT2D eigenvalue weighted by Gasteiger charge is -2.30. The minimum absolute atomic E-state index is 0.159. The Morgan fingerprint density at radius 1 is 0.938 bits per heavy atom. The molecule has 0 aliphatic carbocycles. The normalized spacial score (nSPS) is 16.2. The van der Waals surface area contributed by atoms with Gasteiger partial charge >= 0.3 is 0 Å². The summed E-state index contributed by atoms with van der Waals surface area (Å²) >= 11 is 0. The van der Waals surface area contributed by atoms with Gasteiger partial charge in [0.25, 0.3) is 0 Å². The molecular weight excluding hydrogens is 450 g/mol. The molecule has 1 aliphatic heterocycles. The molecule has 1 aliphatic rings. The van der Waals surface area contributed by atoms with Crippen molar-refractivity contribution in [3.05, 3.63) is 78.3 Å². The van der Waals surface area contributed by atoms with E-state index in [1.54, 1.807) is 24.3 Å². The molecule has 9 heteroatoms. The molecule has 4 rings (SSSR count). The van der Waals surface area contributed by atoms with Crippen molar-refractivity contribution in [2.24, 2.45) is 0 Å². The number of hydrogen-bond donors (Lipinski definition) is 0. The second kappa shape index (κ2) is 9.09. The highest BCUT2D eigenvalue weighted by Crippen LogP contribution is 2.29. The largest absolute Gasteiger partial charge is 0.468 e. The van der Waals surface area contributed by atoms with Crippen molar-refractivity contribution in [3.63, 3.8) is 0 Å². The number of sulfone groups is 1. The van der Waals surface area contributed by atoms with Gasteiger partial charge in [-0.25, -0.2) is 16.8 Å². The fourth-order valence-corrected chi connectivity index (χ4v) is 6.96. The van der Waals surface area contributed by atoms with Gasteiger partial charge in [-0.1, -0.05) is 18.2 Å². The van der Waals surface area contributed by atoms with Gasteiger partial charge in [-0.3, -0.25) is 0 Å². The van der Waals surface area contributed by atoms with Crippen molar-refractivity contribution < 1.29 is 26.0 Å². The third-order valence-corrected chi connectivity index (χ3v) is 9.70. The third-order valence-electron chi connectivity index (χ3n) is 5.62. The Hall–Kier alpha value is -2.62. The highest BCUT2D eigenvalue weighted by Gasteiger charge is 2.35. The molecule has 0 atom stereocenters. The Labute approximate surface area is 188 Å². The number of aryl methyl sites for hydroxylation is 1. The maximum absolute atomic E-state index is 13.0. The lowest BCUT2D eigenvalue weighted by molar-refractivity contribution is 0.345. The second-order valence-electron chi connectivity index (χ2n) is 7.83. The van der Waals surface area contributed by atoms with Crippen LogP contribution in [-0.2, 0) is 25.6 Å². The van der Waals surface area contributed by atoms with Gasteiger partial charge < -0.3 is 9.15 Å². The molecule has 0 spiro atoms. The van der Waals surface area contributed by atoms with Crippen LogP contribution in [0.15, 0.2) is 76.2 Å². The molecule has 2 heterocycles. The van der Waals surface area contributed by atoms with Gasteiger partial charge in [0.2, 0.25) is 10.0 Å². The minimum atomic E-state index is -3.71. The topological polar surface area (TPSA) is 93.9 Å². The number of furan rings is 1. The van der Waals surface area contributed by atoms with Gasteiger partial charge in [-0.2, -0.15) is 4.31 Å². The first-order chi connectivity index (χ1) is 15.3. The number of ether oxygens (including phenoxy) is 1. The maximum Gasteiger partial charge on any atom is 0.243 e. The lowest BCUT2D eigenvalue weighted by atomic mass is 10.2. The van der Waals surface area contributed by atoms with Crippen molar-refractivity contribution in [1.82, 2.24) is 4.31 Å². The van der Waals surface area contributed by atoms with Gasteiger partial charge in [-0.15, -0.1) is 0 Å². The van der Waals surface area contributed by atoms with Gasteiger partial charge in [0.05, 0.1) is 16.4 Å². The van der Waals surface area contributed by atoms with Crippen LogP contribution in [0.5, 0.6) is 11.5 Å². The first-order valence-corrected chi connectivity index (χ1v) is 13.5. The van der Waals surface area contributed by atoms with Gasteiger partial charge in [0.1, 0.15) is 23.0 Å². The number of hydrogen-bond acceptors (Lipinski definition) is 6. The van der Waals surface area contributed by atoms with Crippen LogP contribution in [-0.4, -0.2) is 39.5 Å². The summed E-state index contributed by atoms with van der Waals surface area (Å²) in [5.74, 6) is 1.48. The van der Waals surface area contributed by atoms with E-state index < -0.39 is 25.1 Å². The SMILES string of the molecule is Cc1ccccc1Oc1ccc(S(=O)(=O)N2CCC(S(=O)(=O)Cc3ccco3)CC2)cc1. The molecule has 1 aromatic heterocycles. The number of para-hydroxylation sites is 1. The lowest BCUT2D eigenvalue weighted by Crippen LogP contribution is -2.42. The van der Waals surface area contributed by atoms with Crippen LogP contribution in [0.2, 0.25) is 0 Å². The molecule has 1 fully saturated rings. The van der Waals surface area contributed by atoms with E-state index in [0.29, 0.717) is 17.3 Å². The van der Waals surface area contributed by atoms with E-state index in [0.717, 1.165) is 5.56 Å². The number of rotatable bonds is 7. The average molecular weight is 476 g/mol. The molecule has 0 bridgehead atoms. The Kier molecular flexibility index (Phi) is 6.41. The zero-order chi connectivity index (χ0) is 22.8. The molecule has 0 radical (unpaired) electrons. The maximum atomic E-state index is 13.0. The summed E-state index contributed by atoms with van der Waals surface area (Å²) in [6, 6.07) is 17.1. The van der Waals surface area contributed by atoms with Crippen LogP contribution in [0, 0.1) is 6.92 Å². The first-order valence-electron chi connectivity index (χ1n) is 10.3. The summed E-state index contributed by atoms with van der Waals surface area (Å²) in [7, 11) is -7.12. The Morgan fingerprint density at radius 2 is 1.62 bits per heavy atom. The Morgan fingerprint density at radius 3 is 2.25 bits per heavy atom. The van der Waals surface area contributed by atoms with Crippen LogP contribution < -0.4 is 4.74 Å². The summed E-state index contributed by atoms with van der Waals surface area (Å²) in [6.07, 6.45) is 1.96. The molecule has 0 N–H and O–H groups in total. The monoisotopic (exact) mass is 475 g/mol. The minimum Gasteiger partial charge on any atom is -0.468 e. The fourth-order valence-electron chi connectivity index (χ4n) is 3.77. The van der Waals surface area contributed by atoms with Crippen molar-refractivity contribution in [2.45, 2.75) is 35.7 Å². The molecule has 0 unspecified atom stereocenters. The molecular formula is C23H25NO6S2. The van der Waals surface area contributed by atoms with E-state index in [1.165, 1.54) is 22.7 Å². The van der Waals surface area contributed by atoms with E-state index in [1.807, 2.05) is 31.2 Å². The summed E-state index contributed by atoms with van der Waals surface area (Å²) in [5, 5.41) is -0.580.